The van der Waals surface area contributed by atoms with E-state index in [0.717, 1.165) is 65.7 Å². The Morgan fingerprint density at radius 1 is 0.246 bits per heavy atom. The van der Waals surface area contributed by atoms with E-state index in [4.69, 9.17) is 0 Å². The third-order valence-electron chi connectivity index (χ3n) is 11.4. The highest BCUT2D eigenvalue weighted by molar-refractivity contribution is 6.13. The molecule has 0 amide bonds. The topological polar surface area (TPSA) is 3.24 Å². The maximum absolute atomic E-state index is 9.74. The van der Waals surface area contributed by atoms with Crippen molar-refractivity contribution in [3.63, 3.8) is 0 Å². The summed E-state index contributed by atoms with van der Waals surface area (Å²) in [5, 5.41) is 5.84. The zero-order chi connectivity index (χ0) is 47.5. The highest BCUT2D eigenvalue weighted by Gasteiger charge is 2.16. The monoisotopic (exact) mass is 783 g/mol. The van der Waals surface area contributed by atoms with E-state index >= 15 is 0 Å². The predicted molar refractivity (Wildman–Crippen MR) is 261 cm³/mol. The third kappa shape index (κ3) is 6.93. The van der Waals surface area contributed by atoms with Gasteiger partial charge in [-0.3, -0.25) is 0 Å². The van der Waals surface area contributed by atoms with E-state index in [1.165, 1.54) is 4.90 Å². The molecular weight excluding hydrogens is 735 g/mol. The van der Waals surface area contributed by atoms with E-state index in [1.54, 1.807) is 18.2 Å². The van der Waals surface area contributed by atoms with Crippen molar-refractivity contribution in [1.82, 2.24) is 0 Å². The zero-order valence-corrected chi connectivity index (χ0v) is 33.0. The molecule has 0 aromatic heterocycles. The van der Waals surface area contributed by atoms with E-state index in [2.05, 4.69) is 42.5 Å². The maximum atomic E-state index is 9.74. The minimum atomic E-state index is -0.399. The molecule has 0 unspecified atom stereocenters. The van der Waals surface area contributed by atoms with Crippen LogP contribution in [0.5, 0.6) is 0 Å². The number of rotatable bonds is 8. The van der Waals surface area contributed by atoms with Gasteiger partial charge in [0.25, 0.3) is 0 Å². The number of benzene rings is 11. The third-order valence-corrected chi connectivity index (χ3v) is 11.4. The van der Waals surface area contributed by atoms with Gasteiger partial charge < -0.3 is 4.90 Å². The SMILES string of the molecule is [2H]c1c([2H])c(N(c2ccc(-c3cccc(-c4cccc5ccccc45)c3)cc2)c2c([2H])c([2H])c(-c3cc4ccccc4c4ccccc34)c([2H])c2[2H])c([2H])c([2H])c1-c1cccc(-c2ccccc2)c1. The fraction of sp³-hybridized carbons (Fsp3) is 0. The Hall–Kier alpha value is -8.00. The summed E-state index contributed by atoms with van der Waals surface area (Å²) in [4.78, 5) is 1.37. The van der Waals surface area contributed by atoms with Crippen molar-refractivity contribution in [3.8, 4) is 55.6 Å². The van der Waals surface area contributed by atoms with Gasteiger partial charge in [0.05, 0.1) is 11.0 Å². The summed E-state index contributed by atoms with van der Waals surface area (Å²) in [5.74, 6) is 0. The van der Waals surface area contributed by atoms with Gasteiger partial charge in [-0.1, -0.05) is 194 Å². The summed E-state index contributed by atoms with van der Waals surface area (Å²) >= 11 is 0. The van der Waals surface area contributed by atoms with Crippen molar-refractivity contribution >= 4 is 49.4 Å². The smallest absolute Gasteiger partial charge is 0.0645 e. The summed E-state index contributed by atoms with van der Waals surface area (Å²) < 4.78 is 77.1. The minimum Gasteiger partial charge on any atom is -0.311 e. The van der Waals surface area contributed by atoms with Gasteiger partial charge in [-0.25, -0.2) is 0 Å². The first kappa shape index (κ1) is 28.4. The van der Waals surface area contributed by atoms with Crippen molar-refractivity contribution < 1.29 is 11.0 Å². The normalized spacial score (nSPS) is 13.1. The van der Waals surface area contributed by atoms with Gasteiger partial charge in [-0.2, -0.15) is 0 Å². The maximum Gasteiger partial charge on any atom is 0.0645 e. The number of anilines is 3. The molecule has 61 heavy (non-hydrogen) atoms. The Kier molecular flexibility index (Phi) is 7.29. The Labute approximate surface area is 368 Å². The quantitative estimate of drug-likeness (QED) is 0.139. The zero-order valence-electron chi connectivity index (χ0n) is 41.0. The second-order valence-electron chi connectivity index (χ2n) is 15.1. The Bertz CT molecular complexity index is 3770. The van der Waals surface area contributed by atoms with Crippen LogP contribution in [0.3, 0.4) is 0 Å². The second-order valence-corrected chi connectivity index (χ2v) is 15.1. The van der Waals surface area contributed by atoms with Crippen molar-refractivity contribution in [2.75, 3.05) is 4.90 Å². The molecule has 0 heterocycles. The summed E-state index contributed by atoms with van der Waals surface area (Å²) in [6.45, 7) is 0. The summed E-state index contributed by atoms with van der Waals surface area (Å²) in [6, 6.07) is 61.9. The predicted octanol–water partition coefficient (Wildman–Crippen LogP) is 17.0. The molecule has 0 spiro atoms. The Balaban J connectivity index is 1.10. The molecule has 1 heteroatoms. The van der Waals surface area contributed by atoms with Crippen LogP contribution >= 0.6 is 0 Å². The molecule has 0 radical (unpaired) electrons. The molecule has 0 fully saturated rings. The number of nitrogens with zero attached hydrogens (tertiary/aromatic N) is 1. The summed E-state index contributed by atoms with van der Waals surface area (Å²) in [6.07, 6.45) is 0. The largest absolute Gasteiger partial charge is 0.311 e. The van der Waals surface area contributed by atoms with Gasteiger partial charge >= 0.3 is 0 Å². The molecule has 0 aliphatic rings. The first-order valence-electron chi connectivity index (χ1n) is 24.3. The van der Waals surface area contributed by atoms with E-state index < -0.39 is 24.2 Å². The number of fused-ring (bicyclic) bond motifs is 4. The van der Waals surface area contributed by atoms with Crippen LogP contribution in [0.15, 0.2) is 249 Å². The average molecular weight is 784 g/mol. The Morgan fingerprint density at radius 3 is 1.43 bits per heavy atom. The highest BCUT2D eigenvalue weighted by atomic mass is 15.1. The van der Waals surface area contributed by atoms with E-state index in [0.29, 0.717) is 16.8 Å². The van der Waals surface area contributed by atoms with Crippen molar-refractivity contribution in [2.24, 2.45) is 0 Å². The molecule has 0 saturated heterocycles. The van der Waals surface area contributed by atoms with Crippen LogP contribution in [0.4, 0.5) is 17.1 Å². The molecule has 11 aromatic carbocycles. The van der Waals surface area contributed by atoms with Crippen molar-refractivity contribution in [3.05, 3.63) is 249 Å². The van der Waals surface area contributed by atoms with Gasteiger partial charge in [-0.05, 0) is 142 Å². The first-order valence-corrected chi connectivity index (χ1v) is 20.3. The van der Waals surface area contributed by atoms with Crippen molar-refractivity contribution in [1.29, 1.82) is 0 Å². The van der Waals surface area contributed by atoms with Gasteiger partial charge in [0.1, 0.15) is 0 Å². The number of hydrogen-bond donors (Lipinski definition) is 0. The van der Waals surface area contributed by atoms with Crippen LogP contribution in [-0.2, 0) is 0 Å². The van der Waals surface area contributed by atoms with E-state index in [-0.39, 0.29) is 46.7 Å². The molecule has 0 saturated carbocycles. The molecule has 0 atom stereocenters. The van der Waals surface area contributed by atoms with Crippen LogP contribution in [0.1, 0.15) is 11.0 Å². The van der Waals surface area contributed by atoms with Gasteiger partial charge in [0.2, 0.25) is 0 Å². The van der Waals surface area contributed by atoms with Crippen LogP contribution in [0.25, 0.3) is 88.0 Å². The van der Waals surface area contributed by atoms with Crippen LogP contribution in [0, 0.1) is 0 Å². The fourth-order valence-corrected chi connectivity index (χ4v) is 8.38. The fourth-order valence-electron chi connectivity index (χ4n) is 8.38. The molecule has 0 bridgehead atoms. The molecular formula is C60H41N. The molecule has 11 aromatic rings. The summed E-state index contributed by atoms with van der Waals surface area (Å²) in [7, 11) is 0. The standard InChI is InChI=1S/C60H41N/c1-2-13-42(14-3-1)47-18-10-19-48(39-47)43-27-33-52(34-28-43)61(54-37-31-46(32-38-54)60-41-51-16-5-7-23-57(51)58-24-8-9-25-59(58)60)53-35-29-44(30-36-53)49-20-11-21-50(40-49)56-26-12-17-45-15-4-6-22-55(45)56/h1-41H/i27D,28D,31D,32D,33D,34D,37D,38D. The van der Waals surface area contributed by atoms with Gasteiger partial charge in [0.15, 0.2) is 0 Å². The van der Waals surface area contributed by atoms with Gasteiger partial charge in [0, 0.05) is 17.1 Å². The first-order chi connectivity index (χ1) is 33.6. The van der Waals surface area contributed by atoms with Crippen LogP contribution in [-0.4, -0.2) is 0 Å². The highest BCUT2D eigenvalue weighted by Crippen LogP contribution is 2.41. The number of hydrogen-bond acceptors (Lipinski definition) is 1. The lowest BCUT2D eigenvalue weighted by atomic mass is 9.93. The molecule has 11 rings (SSSR count). The van der Waals surface area contributed by atoms with Crippen molar-refractivity contribution in [2.45, 2.75) is 0 Å². The van der Waals surface area contributed by atoms with Crippen LogP contribution < -0.4 is 4.90 Å². The lowest BCUT2D eigenvalue weighted by Crippen LogP contribution is -2.09. The van der Waals surface area contributed by atoms with E-state index in [1.807, 2.05) is 140 Å². The lowest BCUT2D eigenvalue weighted by Gasteiger charge is -2.26. The second kappa shape index (κ2) is 15.6. The molecule has 0 aliphatic carbocycles. The average Bonchev–Trinajstić information content (AvgIpc) is 3.40. The minimum absolute atomic E-state index is 0.103. The molecule has 286 valence electrons. The molecule has 0 aliphatic heterocycles. The lowest BCUT2D eigenvalue weighted by molar-refractivity contribution is 1.28. The Morgan fingerprint density at radius 2 is 0.721 bits per heavy atom. The van der Waals surface area contributed by atoms with Gasteiger partial charge in [-0.15, -0.1) is 0 Å². The molecule has 0 N–H and O–H groups in total. The molecule has 1 nitrogen and oxygen atoms in total. The summed E-state index contributed by atoms with van der Waals surface area (Å²) in [5.41, 5.74) is 6.88. The van der Waals surface area contributed by atoms with Crippen LogP contribution in [0.2, 0.25) is 0 Å². The van der Waals surface area contributed by atoms with E-state index in [9.17, 15) is 11.0 Å².